The van der Waals surface area contributed by atoms with Crippen LogP contribution in [-0.2, 0) is 4.79 Å². The molecule has 5 heteroatoms. The maximum atomic E-state index is 11.9. The second-order valence-electron chi connectivity index (χ2n) is 5.35. The fourth-order valence-electron chi connectivity index (χ4n) is 1.82. The van der Waals surface area contributed by atoms with Gasteiger partial charge in [-0.15, -0.1) is 0 Å². The van der Waals surface area contributed by atoms with Crippen LogP contribution in [0.2, 0.25) is 0 Å². The van der Waals surface area contributed by atoms with Crippen molar-refractivity contribution >= 4 is 11.9 Å². The zero-order valence-electron chi connectivity index (χ0n) is 10.4. The van der Waals surface area contributed by atoms with Crippen molar-refractivity contribution in [3.8, 4) is 0 Å². The number of hydrogen-bond acceptors (Lipinski definition) is 3. The van der Waals surface area contributed by atoms with Gasteiger partial charge < -0.3 is 10.6 Å². The summed E-state index contributed by atoms with van der Waals surface area (Å²) < 4.78 is 0. The quantitative estimate of drug-likeness (QED) is 0.544. The lowest BCUT2D eigenvalue weighted by atomic mass is 10.1. The summed E-state index contributed by atoms with van der Waals surface area (Å²) in [7, 11) is 0. The molecule has 2 N–H and O–H groups in total. The second kappa shape index (κ2) is 4.14. The highest BCUT2D eigenvalue weighted by Gasteiger charge is 2.44. The number of rotatable bonds is 5. The Kier molecular flexibility index (Phi) is 2.95. The first-order valence-corrected chi connectivity index (χ1v) is 5.94. The fourth-order valence-corrected chi connectivity index (χ4v) is 1.82. The van der Waals surface area contributed by atoms with E-state index in [9.17, 15) is 9.59 Å². The van der Waals surface area contributed by atoms with Gasteiger partial charge in [0.05, 0.1) is 6.54 Å². The van der Waals surface area contributed by atoms with E-state index in [2.05, 4.69) is 17.2 Å². The van der Waals surface area contributed by atoms with E-state index in [4.69, 9.17) is 0 Å². The van der Waals surface area contributed by atoms with Crippen molar-refractivity contribution in [3.05, 3.63) is 12.2 Å². The van der Waals surface area contributed by atoms with Crippen LogP contribution in [0.4, 0.5) is 4.79 Å². The number of carbonyl (C=O) groups excluding carboxylic acids is 2. The summed E-state index contributed by atoms with van der Waals surface area (Å²) in [6, 6.07) is 0.277. The molecule has 1 aliphatic carbocycles. The normalized spacial score (nSPS) is 22.8. The maximum Gasteiger partial charge on any atom is 0.325 e. The van der Waals surface area contributed by atoms with Crippen molar-refractivity contribution in [3.63, 3.8) is 0 Å². The Labute approximate surface area is 101 Å². The van der Waals surface area contributed by atoms with Gasteiger partial charge in [-0.1, -0.05) is 6.58 Å². The van der Waals surface area contributed by atoms with Crippen molar-refractivity contribution in [2.24, 2.45) is 0 Å². The second-order valence-corrected chi connectivity index (χ2v) is 5.35. The predicted molar refractivity (Wildman–Crippen MR) is 64.5 cm³/mol. The molecule has 3 amide bonds. The zero-order chi connectivity index (χ0) is 12.6. The average Bonchev–Trinajstić information content (AvgIpc) is 3.01. The molecule has 2 rings (SSSR count). The fraction of sp³-hybridized carbons (Fsp3) is 0.667. The summed E-state index contributed by atoms with van der Waals surface area (Å²) in [4.78, 5) is 24.8. The van der Waals surface area contributed by atoms with Gasteiger partial charge >= 0.3 is 6.03 Å². The summed E-state index contributed by atoms with van der Waals surface area (Å²) in [6.07, 6.45) is 2.42. The minimum Gasteiger partial charge on any atom is -0.324 e. The summed E-state index contributed by atoms with van der Waals surface area (Å²) in [5.74, 6) is -0.185. The molecule has 0 aromatic carbocycles. The van der Waals surface area contributed by atoms with Gasteiger partial charge in [0.1, 0.15) is 5.54 Å². The van der Waals surface area contributed by atoms with Crippen molar-refractivity contribution < 1.29 is 9.59 Å². The number of nitrogens with one attached hydrogen (secondary N) is 2. The molecule has 1 heterocycles. The average molecular weight is 237 g/mol. The zero-order valence-corrected chi connectivity index (χ0v) is 10.4. The Bertz CT molecular complexity index is 372. The largest absolute Gasteiger partial charge is 0.325 e. The molecule has 2 aliphatic rings. The van der Waals surface area contributed by atoms with Crippen LogP contribution in [0.3, 0.4) is 0 Å². The molecular formula is C12H19N3O2. The smallest absolute Gasteiger partial charge is 0.324 e. The highest BCUT2D eigenvalue weighted by Crippen LogP contribution is 2.20. The van der Waals surface area contributed by atoms with Crippen LogP contribution in [0.5, 0.6) is 0 Å². The summed E-state index contributed by atoms with van der Waals surface area (Å²) >= 11 is 0. The molecule has 0 radical (unpaired) electrons. The highest BCUT2D eigenvalue weighted by atomic mass is 16.2. The predicted octanol–water partition coefficient (Wildman–Crippen LogP) is 0.625. The van der Waals surface area contributed by atoms with E-state index in [1.807, 2.05) is 0 Å². The van der Waals surface area contributed by atoms with Crippen LogP contribution >= 0.6 is 0 Å². The standard InChI is InChI=1S/C12H19N3O2/c1-8(6-13-9-4-5-9)7-15-10(16)12(2,3)14-11(15)17/h9,13H,1,4-7H2,2-3H3,(H,14,17). The molecule has 0 aromatic heterocycles. The third kappa shape index (κ3) is 2.66. The minimum absolute atomic E-state index is 0.185. The van der Waals surface area contributed by atoms with E-state index in [0.29, 0.717) is 19.1 Å². The molecule has 0 bridgehead atoms. The Hall–Kier alpha value is -1.36. The first kappa shape index (κ1) is 12.1. The summed E-state index contributed by atoms with van der Waals surface area (Å²) in [6.45, 7) is 8.28. The SMILES string of the molecule is C=C(CNC1CC1)CN1C(=O)NC(C)(C)C1=O. The van der Waals surface area contributed by atoms with E-state index in [-0.39, 0.29) is 11.9 Å². The Morgan fingerprint density at radius 3 is 2.65 bits per heavy atom. The first-order chi connectivity index (χ1) is 7.90. The molecule has 1 aliphatic heterocycles. The number of amides is 3. The number of nitrogens with zero attached hydrogens (tertiary/aromatic N) is 1. The van der Waals surface area contributed by atoms with Crippen molar-refractivity contribution in [1.29, 1.82) is 0 Å². The molecule has 5 nitrogen and oxygen atoms in total. The maximum absolute atomic E-state index is 11.9. The van der Waals surface area contributed by atoms with Crippen LogP contribution in [0.25, 0.3) is 0 Å². The van der Waals surface area contributed by atoms with Crippen molar-refractivity contribution in [2.75, 3.05) is 13.1 Å². The van der Waals surface area contributed by atoms with E-state index in [1.54, 1.807) is 13.8 Å². The molecule has 2 fully saturated rings. The Morgan fingerprint density at radius 2 is 2.18 bits per heavy atom. The highest BCUT2D eigenvalue weighted by molar-refractivity contribution is 6.06. The first-order valence-electron chi connectivity index (χ1n) is 5.94. The van der Waals surface area contributed by atoms with Gasteiger partial charge in [0, 0.05) is 12.6 Å². The molecule has 17 heavy (non-hydrogen) atoms. The van der Waals surface area contributed by atoms with Crippen molar-refractivity contribution in [2.45, 2.75) is 38.3 Å². The van der Waals surface area contributed by atoms with Crippen LogP contribution in [0, 0.1) is 0 Å². The van der Waals surface area contributed by atoms with Crippen LogP contribution in [-0.4, -0.2) is 41.5 Å². The van der Waals surface area contributed by atoms with Gasteiger partial charge in [-0.3, -0.25) is 9.69 Å². The van der Waals surface area contributed by atoms with E-state index >= 15 is 0 Å². The molecule has 0 aromatic rings. The molecule has 1 saturated carbocycles. The molecule has 1 saturated heterocycles. The number of carbonyl (C=O) groups is 2. The Morgan fingerprint density at radius 1 is 1.53 bits per heavy atom. The lowest BCUT2D eigenvalue weighted by Gasteiger charge is -2.17. The topological polar surface area (TPSA) is 61.4 Å². The molecule has 0 unspecified atom stereocenters. The van der Waals surface area contributed by atoms with Gasteiger partial charge in [0.25, 0.3) is 5.91 Å². The van der Waals surface area contributed by atoms with Crippen LogP contribution in [0.1, 0.15) is 26.7 Å². The van der Waals surface area contributed by atoms with Gasteiger partial charge in [0.2, 0.25) is 0 Å². The number of urea groups is 1. The minimum atomic E-state index is -0.790. The monoisotopic (exact) mass is 237 g/mol. The number of imide groups is 1. The molecular weight excluding hydrogens is 218 g/mol. The molecule has 0 spiro atoms. The van der Waals surface area contributed by atoms with E-state index in [1.165, 1.54) is 17.7 Å². The van der Waals surface area contributed by atoms with E-state index in [0.717, 1.165) is 5.57 Å². The summed E-state index contributed by atoms with van der Waals surface area (Å²) in [5, 5.41) is 5.96. The summed E-state index contributed by atoms with van der Waals surface area (Å²) in [5.41, 5.74) is 0.0690. The molecule has 94 valence electrons. The van der Waals surface area contributed by atoms with E-state index < -0.39 is 5.54 Å². The van der Waals surface area contributed by atoms with Crippen LogP contribution < -0.4 is 10.6 Å². The molecule has 0 atom stereocenters. The van der Waals surface area contributed by atoms with Gasteiger partial charge in [-0.2, -0.15) is 0 Å². The van der Waals surface area contributed by atoms with Crippen LogP contribution in [0.15, 0.2) is 12.2 Å². The van der Waals surface area contributed by atoms with Gasteiger partial charge in [-0.05, 0) is 32.3 Å². The lowest BCUT2D eigenvalue weighted by molar-refractivity contribution is -0.129. The van der Waals surface area contributed by atoms with Gasteiger partial charge in [0.15, 0.2) is 0 Å². The third-order valence-corrected chi connectivity index (χ3v) is 3.04. The van der Waals surface area contributed by atoms with Gasteiger partial charge in [-0.25, -0.2) is 4.79 Å². The Balaban J connectivity index is 1.87. The third-order valence-electron chi connectivity index (χ3n) is 3.04. The lowest BCUT2D eigenvalue weighted by Crippen LogP contribution is -2.40. The van der Waals surface area contributed by atoms with Crippen molar-refractivity contribution in [1.82, 2.24) is 15.5 Å². The number of hydrogen-bond donors (Lipinski definition) is 2.